The van der Waals surface area contributed by atoms with Gasteiger partial charge in [0.2, 0.25) is 0 Å². The van der Waals surface area contributed by atoms with Crippen molar-refractivity contribution in [3.05, 3.63) is 33.9 Å². The molecule has 0 aromatic heterocycles. The van der Waals surface area contributed by atoms with Crippen molar-refractivity contribution in [1.29, 1.82) is 0 Å². The highest BCUT2D eigenvalue weighted by molar-refractivity contribution is 6.08. The maximum atomic E-state index is 12.5. The summed E-state index contributed by atoms with van der Waals surface area (Å²) in [5, 5.41) is 10.4. The van der Waals surface area contributed by atoms with Gasteiger partial charge >= 0.3 is 0 Å². The minimum Gasteiger partial charge on any atom is -0.384 e. The molecule has 4 rings (SSSR count). The average molecular weight is 284 g/mol. The average Bonchev–Trinajstić information content (AvgIpc) is 2.99. The van der Waals surface area contributed by atoms with Crippen LogP contribution in [-0.4, -0.2) is 47.9 Å². The Balaban J connectivity index is 1.77. The predicted molar refractivity (Wildman–Crippen MR) is 81.1 cm³/mol. The van der Waals surface area contributed by atoms with Crippen molar-refractivity contribution in [2.75, 3.05) is 19.6 Å². The van der Waals surface area contributed by atoms with Gasteiger partial charge in [0.1, 0.15) is 6.10 Å². The second-order valence-corrected chi connectivity index (χ2v) is 6.63. The molecule has 1 aliphatic heterocycles. The van der Waals surface area contributed by atoms with Crippen LogP contribution in [0.3, 0.4) is 0 Å². The van der Waals surface area contributed by atoms with Crippen LogP contribution in [-0.2, 0) is 4.79 Å². The Morgan fingerprint density at radius 3 is 2.81 bits per heavy atom. The zero-order valence-electron chi connectivity index (χ0n) is 12.5. The summed E-state index contributed by atoms with van der Waals surface area (Å²) in [5.74, 6) is -0.0856. The first-order valence-corrected chi connectivity index (χ1v) is 7.64. The summed E-state index contributed by atoms with van der Waals surface area (Å²) in [6.07, 6.45) is 4.89. The number of aliphatic imine (C=N–C) groups is 1. The molecule has 3 aliphatic carbocycles. The molecule has 1 spiro atoms. The van der Waals surface area contributed by atoms with Crippen LogP contribution in [0.1, 0.15) is 26.7 Å². The summed E-state index contributed by atoms with van der Waals surface area (Å²) in [7, 11) is 0. The standard InChI is InChI=1S/C17H20N2O2/c1-10-7-12-14(13(10)8-19-6-5-18-9-19)11(2)17(3-4-17)16(21)15(12)20/h7,9,16,21H,3-6,8H2,1-2H3. The number of nitrogens with zero attached hydrogens (tertiary/aromatic N) is 2. The Bertz CT molecular complexity index is 662. The quantitative estimate of drug-likeness (QED) is 0.838. The minimum atomic E-state index is -0.840. The van der Waals surface area contributed by atoms with Crippen molar-refractivity contribution in [2.24, 2.45) is 10.4 Å². The number of ketones is 1. The number of aliphatic hydroxyl groups excluding tert-OH is 1. The maximum Gasteiger partial charge on any atom is 0.192 e. The summed E-state index contributed by atoms with van der Waals surface area (Å²) in [5.41, 5.74) is 5.17. The molecule has 21 heavy (non-hydrogen) atoms. The van der Waals surface area contributed by atoms with Gasteiger partial charge in [0.25, 0.3) is 0 Å². The number of carbonyl (C=O) groups excluding carboxylic acids is 1. The van der Waals surface area contributed by atoms with Crippen LogP contribution in [0.5, 0.6) is 0 Å². The topological polar surface area (TPSA) is 52.9 Å². The molecule has 0 aromatic rings. The Morgan fingerprint density at radius 1 is 1.43 bits per heavy atom. The molecule has 1 heterocycles. The molecular weight excluding hydrogens is 264 g/mol. The largest absolute Gasteiger partial charge is 0.384 e. The van der Waals surface area contributed by atoms with E-state index in [-0.39, 0.29) is 11.2 Å². The molecule has 0 aromatic carbocycles. The number of Topliss-reactive ketones (excluding diaryl/α,β-unsaturated/α-hetero) is 1. The van der Waals surface area contributed by atoms with Gasteiger partial charge in [-0.25, -0.2) is 0 Å². The molecule has 4 nitrogen and oxygen atoms in total. The van der Waals surface area contributed by atoms with Crippen LogP contribution >= 0.6 is 0 Å². The third kappa shape index (κ3) is 1.65. The molecule has 110 valence electrons. The zero-order chi connectivity index (χ0) is 14.8. The molecule has 4 aliphatic rings. The van der Waals surface area contributed by atoms with E-state index in [9.17, 15) is 9.90 Å². The zero-order valence-corrected chi connectivity index (χ0v) is 12.5. The molecule has 0 saturated heterocycles. The van der Waals surface area contributed by atoms with E-state index in [4.69, 9.17) is 0 Å². The highest BCUT2D eigenvalue weighted by atomic mass is 16.3. The number of rotatable bonds is 2. The SMILES string of the molecule is CC1=C(CN2C=NCC2)C2=C(C)C3(CC3)C(O)C(=O)C2=C1. The van der Waals surface area contributed by atoms with Crippen LogP contribution in [0, 0.1) is 5.41 Å². The third-order valence-electron chi connectivity index (χ3n) is 5.48. The second-order valence-electron chi connectivity index (χ2n) is 6.63. The van der Waals surface area contributed by atoms with Gasteiger partial charge in [-0.1, -0.05) is 5.57 Å². The summed E-state index contributed by atoms with van der Waals surface area (Å²) in [4.78, 5) is 19.0. The van der Waals surface area contributed by atoms with E-state index >= 15 is 0 Å². The molecule has 0 amide bonds. The smallest absolute Gasteiger partial charge is 0.192 e. The highest BCUT2D eigenvalue weighted by Crippen LogP contribution is 2.60. The first-order valence-electron chi connectivity index (χ1n) is 7.64. The summed E-state index contributed by atoms with van der Waals surface area (Å²) < 4.78 is 0. The van der Waals surface area contributed by atoms with Crippen molar-refractivity contribution in [1.82, 2.24) is 4.90 Å². The minimum absolute atomic E-state index is 0.0856. The fourth-order valence-electron chi connectivity index (χ4n) is 3.94. The van der Waals surface area contributed by atoms with Crippen molar-refractivity contribution in [3.8, 4) is 0 Å². The van der Waals surface area contributed by atoms with Crippen molar-refractivity contribution >= 4 is 12.1 Å². The van der Waals surface area contributed by atoms with E-state index < -0.39 is 6.10 Å². The molecule has 1 unspecified atom stereocenters. The van der Waals surface area contributed by atoms with E-state index in [1.54, 1.807) is 0 Å². The van der Waals surface area contributed by atoms with Gasteiger partial charge in [-0.05, 0) is 49.5 Å². The van der Waals surface area contributed by atoms with Gasteiger partial charge in [-0.2, -0.15) is 0 Å². The van der Waals surface area contributed by atoms with Gasteiger partial charge in [0, 0.05) is 24.1 Å². The van der Waals surface area contributed by atoms with Crippen molar-refractivity contribution in [3.63, 3.8) is 0 Å². The molecule has 1 saturated carbocycles. The molecule has 1 N–H and O–H groups in total. The van der Waals surface area contributed by atoms with Crippen LogP contribution < -0.4 is 0 Å². The van der Waals surface area contributed by atoms with Gasteiger partial charge in [0.15, 0.2) is 5.78 Å². The van der Waals surface area contributed by atoms with E-state index in [1.807, 2.05) is 12.4 Å². The molecule has 4 heteroatoms. The van der Waals surface area contributed by atoms with Gasteiger partial charge in [-0.15, -0.1) is 0 Å². The van der Waals surface area contributed by atoms with Gasteiger partial charge in [-0.3, -0.25) is 9.79 Å². The molecular formula is C17H20N2O2. The maximum absolute atomic E-state index is 12.5. The van der Waals surface area contributed by atoms with E-state index in [2.05, 4.69) is 23.7 Å². The van der Waals surface area contributed by atoms with Crippen molar-refractivity contribution < 1.29 is 9.90 Å². The van der Waals surface area contributed by atoms with E-state index in [0.29, 0.717) is 0 Å². The van der Waals surface area contributed by atoms with E-state index in [1.165, 1.54) is 11.1 Å². The van der Waals surface area contributed by atoms with Gasteiger partial charge < -0.3 is 10.0 Å². The lowest BCUT2D eigenvalue weighted by Crippen LogP contribution is -2.38. The lowest BCUT2D eigenvalue weighted by atomic mass is 9.74. The normalized spacial score (nSPS) is 29.7. The molecule has 0 bridgehead atoms. The van der Waals surface area contributed by atoms with Crippen LogP contribution in [0.2, 0.25) is 0 Å². The first kappa shape index (κ1) is 13.0. The van der Waals surface area contributed by atoms with E-state index in [0.717, 1.165) is 49.2 Å². The molecule has 1 fully saturated rings. The third-order valence-corrected chi connectivity index (χ3v) is 5.48. The number of hydrogen-bond acceptors (Lipinski definition) is 4. The molecule has 0 radical (unpaired) electrons. The van der Waals surface area contributed by atoms with Gasteiger partial charge in [0.05, 0.1) is 12.9 Å². The Labute approximate surface area is 124 Å². The Hall–Kier alpha value is -1.68. The lowest BCUT2D eigenvalue weighted by Gasteiger charge is -2.32. The Kier molecular flexibility index (Phi) is 2.58. The fraction of sp³-hybridized carbons (Fsp3) is 0.529. The van der Waals surface area contributed by atoms with Crippen LogP contribution in [0.4, 0.5) is 0 Å². The lowest BCUT2D eigenvalue weighted by molar-refractivity contribution is -0.126. The fourth-order valence-corrected chi connectivity index (χ4v) is 3.94. The summed E-state index contributed by atoms with van der Waals surface area (Å²) in [6.45, 7) is 6.77. The number of hydrogen-bond donors (Lipinski definition) is 1. The monoisotopic (exact) mass is 284 g/mol. The Morgan fingerprint density at radius 2 is 2.19 bits per heavy atom. The highest BCUT2D eigenvalue weighted by Gasteiger charge is 2.58. The molecule has 1 atom stereocenters. The number of allylic oxidation sites excluding steroid dienone is 2. The summed E-state index contributed by atoms with van der Waals surface area (Å²) in [6, 6.07) is 0. The number of fused-ring (bicyclic) bond motifs is 1. The first-order chi connectivity index (χ1) is 10.0. The predicted octanol–water partition coefficient (Wildman–Crippen LogP) is 1.63. The number of aliphatic hydroxyl groups is 1. The van der Waals surface area contributed by atoms with Crippen LogP contribution in [0.15, 0.2) is 38.9 Å². The van der Waals surface area contributed by atoms with Crippen molar-refractivity contribution in [2.45, 2.75) is 32.8 Å². The second kappa shape index (κ2) is 4.17. The summed E-state index contributed by atoms with van der Waals surface area (Å²) >= 11 is 0. The van der Waals surface area contributed by atoms with Crippen LogP contribution in [0.25, 0.3) is 0 Å². The number of carbonyl (C=O) groups is 1.